The number of carbonyl (C=O) groups is 1. The van der Waals surface area contributed by atoms with Gasteiger partial charge in [-0.1, -0.05) is 18.2 Å². The second kappa shape index (κ2) is 9.32. The molecule has 0 spiro atoms. The molecule has 0 saturated heterocycles. The van der Waals surface area contributed by atoms with Crippen LogP contribution in [0.5, 0.6) is 0 Å². The number of hydrazine groups is 1. The summed E-state index contributed by atoms with van der Waals surface area (Å²) >= 11 is 1.74. The van der Waals surface area contributed by atoms with E-state index in [0.717, 1.165) is 24.0 Å². The van der Waals surface area contributed by atoms with Crippen LogP contribution in [0.4, 0.5) is 5.69 Å². The molecule has 0 aliphatic heterocycles. The first-order valence-electron chi connectivity index (χ1n) is 8.21. The number of aldehydes is 1. The molecule has 2 aromatic rings. The molecule has 0 fully saturated rings. The van der Waals surface area contributed by atoms with E-state index in [1.54, 1.807) is 23.5 Å². The Morgan fingerprint density at radius 1 is 1.24 bits per heavy atom. The Kier molecular flexibility index (Phi) is 7.13. The van der Waals surface area contributed by atoms with E-state index in [9.17, 15) is 4.79 Å². The van der Waals surface area contributed by atoms with Gasteiger partial charge in [0.25, 0.3) is 0 Å². The van der Waals surface area contributed by atoms with Crippen molar-refractivity contribution in [3.05, 3.63) is 76.5 Å². The number of hydrogen-bond donors (Lipinski definition) is 3. The number of aryl methyl sites for hydroxylation is 1. The van der Waals surface area contributed by atoms with Gasteiger partial charge in [0.15, 0.2) is 0 Å². The van der Waals surface area contributed by atoms with Gasteiger partial charge in [-0.2, -0.15) is 0 Å². The highest BCUT2D eigenvalue weighted by Crippen LogP contribution is 2.23. The minimum absolute atomic E-state index is 0.0685. The molecule has 1 aromatic carbocycles. The van der Waals surface area contributed by atoms with Crippen molar-refractivity contribution >= 4 is 23.3 Å². The molecule has 1 heterocycles. The van der Waals surface area contributed by atoms with Crippen LogP contribution in [0.25, 0.3) is 0 Å². The Bertz CT molecular complexity index is 721. The van der Waals surface area contributed by atoms with Gasteiger partial charge in [0.2, 0.25) is 0 Å². The number of thiophene rings is 1. The molecule has 2 unspecified atom stereocenters. The van der Waals surface area contributed by atoms with E-state index in [2.05, 4.69) is 55.3 Å². The second-order valence-electron chi connectivity index (χ2n) is 5.93. The average molecular weight is 356 g/mol. The number of anilines is 1. The lowest BCUT2D eigenvalue weighted by atomic mass is 10.1. The van der Waals surface area contributed by atoms with Crippen LogP contribution in [-0.2, 0) is 0 Å². The number of benzene rings is 1. The first kappa shape index (κ1) is 19.1. The molecule has 4 nitrogen and oxygen atoms in total. The minimum Gasteiger partial charge on any atom is -0.320 e. The van der Waals surface area contributed by atoms with Crippen molar-refractivity contribution in [1.82, 2.24) is 10.7 Å². The van der Waals surface area contributed by atoms with Gasteiger partial charge in [-0.15, -0.1) is 17.9 Å². The molecule has 1 aromatic heterocycles. The SMILES string of the molecule is C=CCC(=C)C(C)NC(NNc1ccc(C=O)cc1)c1ccc(C)s1. The maximum absolute atomic E-state index is 10.7. The summed E-state index contributed by atoms with van der Waals surface area (Å²) in [6.45, 7) is 12.1. The summed E-state index contributed by atoms with van der Waals surface area (Å²) in [5, 5.41) is 3.56. The molecule has 0 saturated carbocycles. The molecule has 5 heteroatoms. The lowest BCUT2D eigenvalue weighted by Gasteiger charge is -2.25. The molecule has 0 bridgehead atoms. The summed E-state index contributed by atoms with van der Waals surface area (Å²) < 4.78 is 0. The van der Waals surface area contributed by atoms with Crippen LogP contribution < -0.4 is 16.2 Å². The van der Waals surface area contributed by atoms with Crippen molar-refractivity contribution in [2.45, 2.75) is 32.5 Å². The fourth-order valence-electron chi connectivity index (χ4n) is 2.33. The third-order valence-electron chi connectivity index (χ3n) is 3.89. The molecule has 0 aliphatic rings. The number of carbonyl (C=O) groups excluding carboxylic acids is 1. The maximum Gasteiger partial charge on any atom is 0.150 e. The van der Waals surface area contributed by atoms with Crippen LogP contribution in [0.15, 0.2) is 61.2 Å². The van der Waals surface area contributed by atoms with Gasteiger partial charge in [-0.05, 0) is 56.7 Å². The summed E-state index contributed by atoms with van der Waals surface area (Å²) in [5.41, 5.74) is 9.17. The lowest BCUT2D eigenvalue weighted by Crippen LogP contribution is -2.42. The third-order valence-corrected chi connectivity index (χ3v) is 4.95. The van der Waals surface area contributed by atoms with Crippen LogP contribution >= 0.6 is 11.3 Å². The van der Waals surface area contributed by atoms with E-state index in [4.69, 9.17) is 0 Å². The smallest absolute Gasteiger partial charge is 0.150 e. The molecule has 2 rings (SSSR count). The highest BCUT2D eigenvalue weighted by atomic mass is 32.1. The van der Waals surface area contributed by atoms with Gasteiger partial charge in [-0.25, -0.2) is 5.43 Å². The first-order chi connectivity index (χ1) is 12.0. The summed E-state index contributed by atoms with van der Waals surface area (Å²) in [6.07, 6.45) is 3.42. The molecular formula is C20H25N3OS. The van der Waals surface area contributed by atoms with Gasteiger partial charge in [0, 0.05) is 27.0 Å². The fraction of sp³-hybridized carbons (Fsp3) is 0.250. The highest BCUT2D eigenvalue weighted by molar-refractivity contribution is 7.12. The van der Waals surface area contributed by atoms with Crippen molar-refractivity contribution in [1.29, 1.82) is 0 Å². The fourth-order valence-corrected chi connectivity index (χ4v) is 3.22. The normalized spacial score (nSPS) is 13.0. The predicted molar refractivity (Wildman–Crippen MR) is 107 cm³/mol. The standard InChI is InChI=1S/C20H25N3OS/c1-5-6-14(2)16(4)21-20(19-12-7-15(3)25-19)23-22-18-10-8-17(13-24)9-11-18/h5,7-13,16,20-23H,1-2,6H2,3-4H3. The quantitative estimate of drug-likeness (QED) is 0.252. The molecule has 0 aliphatic carbocycles. The van der Waals surface area contributed by atoms with Crippen LogP contribution in [0.2, 0.25) is 0 Å². The zero-order valence-corrected chi connectivity index (χ0v) is 15.5. The van der Waals surface area contributed by atoms with Crippen molar-refractivity contribution in [3.8, 4) is 0 Å². The monoisotopic (exact) mass is 355 g/mol. The summed E-state index contributed by atoms with van der Waals surface area (Å²) in [6, 6.07) is 11.7. The van der Waals surface area contributed by atoms with Gasteiger partial charge in [0.1, 0.15) is 12.5 Å². The van der Waals surface area contributed by atoms with Crippen molar-refractivity contribution in [2.75, 3.05) is 5.43 Å². The highest BCUT2D eigenvalue weighted by Gasteiger charge is 2.17. The molecule has 3 N–H and O–H groups in total. The van der Waals surface area contributed by atoms with Gasteiger partial charge in [-0.3, -0.25) is 10.1 Å². The Morgan fingerprint density at radius 3 is 2.52 bits per heavy atom. The van der Waals surface area contributed by atoms with E-state index in [1.807, 2.05) is 18.2 Å². The number of allylic oxidation sites excluding steroid dienone is 1. The average Bonchev–Trinajstić information content (AvgIpc) is 3.05. The first-order valence-corrected chi connectivity index (χ1v) is 9.03. The molecule has 25 heavy (non-hydrogen) atoms. The Balaban J connectivity index is 2.07. The minimum atomic E-state index is -0.0685. The Labute approximate surface area is 153 Å². The molecule has 2 atom stereocenters. The number of rotatable bonds is 10. The van der Waals surface area contributed by atoms with E-state index in [-0.39, 0.29) is 12.2 Å². The van der Waals surface area contributed by atoms with Crippen LogP contribution in [-0.4, -0.2) is 12.3 Å². The Morgan fingerprint density at radius 2 is 1.96 bits per heavy atom. The zero-order chi connectivity index (χ0) is 18.2. The maximum atomic E-state index is 10.7. The summed E-state index contributed by atoms with van der Waals surface area (Å²) in [7, 11) is 0. The molecule has 0 amide bonds. The third kappa shape index (κ3) is 5.67. The topological polar surface area (TPSA) is 53.2 Å². The van der Waals surface area contributed by atoms with E-state index < -0.39 is 0 Å². The summed E-state index contributed by atoms with van der Waals surface area (Å²) in [4.78, 5) is 13.2. The van der Waals surface area contributed by atoms with E-state index >= 15 is 0 Å². The molecular weight excluding hydrogens is 330 g/mol. The van der Waals surface area contributed by atoms with E-state index in [0.29, 0.717) is 5.56 Å². The van der Waals surface area contributed by atoms with Gasteiger partial charge in [0.05, 0.1) is 0 Å². The largest absolute Gasteiger partial charge is 0.320 e. The van der Waals surface area contributed by atoms with Crippen molar-refractivity contribution in [3.63, 3.8) is 0 Å². The summed E-state index contributed by atoms with van der Waals surface area (Å²) in [5.74, 6) is 0. The second-order valence-corrected chi connectivity index (χ2v) is 7.25. The van der Waals surface area contributed by atoms with Crippen LogP contribution in [0, 0.1) is 6.92 Å². The molecule has 132 valence electrons. The zero-order valence-electron chi connectivity index (χ0n) is 14.7. The number of nitrogens with one attached hydrogen (secondary N) is 3. The van der Waals surface area contributed by atoms with Crippen LogP contribution in [0.3, 0.4) is 0 Å². The van der Waals surface area contributed by atoms with Crippen molar-refractivity contribution < 1.29 is 4.79 Å². The Hall–Kier alpha value is -2.21. The van der Waals surface area contributed by atoms with Gasteiger partial charge < -0.3 is 5.43 Å². The predicted octanol–water partition coefficient (Wildman–Crippen LogP) is 4.59. The van der Waals surface area contributed by atoms with E-state index in [1.165, 1.54) is 9.75 Å². The lowest BCUT2D eigenvalue weighted by molar-refractivity contribution is 0.112. The molecule has 0 radical (unpaired) electrons. The van der Waals surface area contributed by atoms with Crippen molar-refractivity contribution in [2.24, 2.45) is 0 Å². The van der Waals surface area contributed by atoms with Crippen LogP contribution in [0.1, 0.15) is 39.6 Å². The number of hydrogen-bond acceptors (Lipinski definition) is 5. The van der Waals surface area contributed by atoms with Gasteiger partial charge >= 0.3 is 0 Å².